The van der Waals surface area contributed by atoms with Gasteiger partial charge in [-0.25, -0.2) is 8.42 Å². The molecule has 0 aromatic heterocycles. The summed E-state index contributed by atoms with van der Waals surface area (Å²) < 4.78 is 28.9. The smallest absolute Gasteiger partial charge is 0.251 e. The van der Waals surface area contributed by atoms with Gasteiger partial charge in [0.1, 0.15) is 0 Å². The van der Waals surface area contributed by atoms with Crippen molar-refractivity contribution < 1.29 is 17.9 Å². The fraction of sp³-hybridized carbons (Fsp3) is 0.350. The van der Waals surface area contributed by atoms with E-state index < -0.39 is 9.84 Å². The van der Waals surface area contributed by atoms with Crippen molar-refractivity contribution in [3.63, 3.8) is 0 Å². The standard InChI is InChI=1S/C20H23ClN2O4S/c1-28(25,26)16-6-4-5-15(13-16)20(24)22-14-19(23-9-11-27-12-10-23)17-7-2-3-8-18(17)21/h2-8,13,19H,9-12,14H2,1H3,(H,22,24). The van der Waals surface area contributed by atoms with E-state index in [2.05, 4.69) is 10.2 Å². The zero-order chi connectivity index (χ0) is 20.1. The Bertz CT molecular complexity index is 943. The highest BCUT2D eigenvalue weighted by Gasteiger charge is 2.25. The Morgan fingerprint density at radius 1 is 1.18 bits per heavy atom. The van der Waals surface area contributed by atoms with Crippen molar-refractivity contribution in [3.05, 3.63) is 64.7 Å². The van der Waals surface area contributed by atoms with Crippen LogP contribution in [-0.2, 0) is 14.6 Å². The number of carbonyl (C=O) groups excluding carboxylic acids is 1. The maximum absolute atomic E-state index is 12.6. The maximum atomic E-state index is 12.6. The molecule has 1 saturated heterocycles. The van der Waals surface area contributed by atoms with Crippen LogP contribution in [0.3, 0.4) is 0 Å². The first kappa shape index (κ1) is 20.8. The van der Waals surface area contributed by atoms with E-state index in [1.807, 2.05) is 24.3 Å². The van der Waals surface area contributed by atoms with E-state index in [0.717, 1.165) is 24.9 Å². The summed E-state index contributed by atoms with van der Waals surface area (Å²) in [5.74, 6) is -0.323. The summed E-state index contributed by atoms with van der Waals surface area (Å²) in [7, 11) is -3.38. The predicted molar refractivity (Wildman–Crippen MR) is 108 cm³/mol. The molecule has 1 heterocycles. The van der Waals surface area contributed by atoms with Crippen LogP contribution in [0.1, 0.15) is 22.0 Å². The number of amides is 1. The van der Waals surface area contributed by atoms with Gasteiger partial charge >= 0.3 is 0 Å². The van der Waals surface area contributed by atoms with Crippen molar-refractivity contribution in [1.82, 2.24) is 10.2 Å². The van der Waals surface area contributed by atoms with E-state index in [9.17, 15) is 13.2 Å². The molecule has 2 aromatic carbocycles. The zero-order valence-corrected chi connectivity index (χ0v) is 17.2. The van der Waals surface area contributed by atoms with Gasteiger partial charge in [0.15, 0.2) is 9.84 Å². The topological polar surface area (TPSA) is 75.7 Å². The maximum Gasteiger partial charge on any atom is 0.251 e. The van der Waals surface area contributed by atoms with Crippen LogP contribution in [0, 0.1) is 0 Å². The van der Waals surface area contributed by atoms with Crippen LogP contribution in [0.2, 0.25) is 5.02 Å². The van der Waals surface area contributed by atoms with E-state index in [1.165, 1.54) is 12.1 Å². The van der Waals surface area contributed by atoms with Gasteiger partial charge in [-0.1, -0.05) is 35.9 Å². The Kier molecular flexibility index (Phi) is 6.72. The SMILES string of the molecule is CS(=O)(=O)c1cccc(C(=O)NCC(c2ccccc2Cl)N2CCOCC2)c1. The number of carbonyl (C=O) groups is 1. The molecule has 0 saturated carbocycles. The average molecular weight is 423 g/mol. The van der Waals surface area contributed by atoms with Crippen LogP contribution >= 0.6 is 11.6 Å². The van der Waals surface area contributed by atoms with Crippen LogP contribution in [0.25, 0.3) is 0 Å². The molecule has 8 heteroatoms. The molecule has 1 unspecified atom stereocenters. The quantitative estimate of drug-likeness (QED) is 0.774. The lowest BCUT2D eigenvalue weighted by Gasteiger charge is -2.35. The number of hydrogen-bond acceptors (Lipinski definition) is 5. The van der Waals surface area contributed by atoms with E-state index in [1.54, 1.807) is 12.1 Å². The number of nitrogens with one attached hydrogen (secondary N) is 1. The third kappa shape index (κ3) is 5.11. The van der Waals surface area contributed by atoms with Crippen molar-refractivity contribution in [2.45, 2.75) is 10.9 Å². The monoisotopic (exact) mass is 422 g/mol. The lowest BCUT2D eigenvalue weighted by atomic mass is 10.0. The van der Waals surface area contributed by atoms with Gasteiger partial charge in [0.2, 0.25) is 0 Å². The fourth-order valence-corrected chi connectivity index (χ4v) is 4.16. The van der Waals surface area contributed by atoms with Gasteiger partial charge in [-0.05, 0) is 29.8 Å². The molecular weight excluding hydrogens is 400 g/mol. The Balaban J connectivity index is 1.78. The molecule has 1 aliphatic rings. The van der Waals surface area contributed by atoms with E-state index in [-0.39, 0.29) is 16.8 Å². The first-order valence-corrected chi connectivity index (χ1v) is 11.3. The van der Waals surface area contributed by atoms with Gasteiger partial charge in [-0.2, -0.15) is 0 Å². The normalized spacial score (nSPS) is 16.5. The van der Waals surface area contributed by atoms with Crippen molar-refractivity contribution in [2.24, 2.45) is 0 Å². The molecular formula is C20H23ClN2O4S. The Morgan fingerprint density at radius 2 is 1.89 bits per heavy atom. The van der Waals surface area contributed by atoms with Crippen molar-refractivity contribution in [2.75, 3.05) is 39.1 Å². The minimum atomic E-state index is -3.38. The minimum Gasteiger partial charge on any atom is -0.379 e. The number of halogens is 1. The van der Waals surface area contributed by atoms with Crippen molar-refractivity contribution >= 4 is 27.3 Å². The van der Waals surface area contributed by atoms with Gasteiger partial charge in [0.05, 0.1) is 24.2 Å². The molecule has 1 aliphatic heterocycles. The molecule has 6 nitrogen and oxygen atoms in total. The molecule has 1 amide bonds. The van der Waals surface area contributed by atoms with Crippen molar-refractivity contribution in [3.8, 4) is 0 Å². The molecule has 0 spiro atoms. The molecule has 1 fully saturated rings. The number of rotatable bonds is 6. The Labute approximate surface area is 170 Å². The highest BCUT2D eigenvalue weighted by molar-refractivity contribution is 7.90. The van der Waals surface area contributed by atoms with Crippen molar-refractivity contribution in [1.29, 1.82) is 0 Å². The second kappa shape index (κ2) is 9.05. The molecule has 1 N–H and O–H groups in total. The van der Waals surface area contributed by atoms with Crippen LogP contribution in [-0.4, -0.2) is 58.3 Å². The molecule has 0 bridgehead atoms. The third-order valence-corrected chi connectivity index (χ3v) is 6.19. The second-order valence-electron chi connectivity index (χ2n) is 6.70. The lowest BCUT2D eigenvalue weighted by Crippen LogP contribution is -2.44. The predicted octanol–water partition coefficient (Wildman–Crippen LogP) is 2.55. The summed E-state index contributed by atoms with van der Waals surface area (Å²) in [5, 5.41) is 3.57. The minimum absolute atomic E-state index is 0.0976. The molecule has 2 aromatic rings. The van der Waals surface area contributed by atoms with Crippen LogP contribution in [0.15, 0.2) is 53.4 Å². The van der Waals surface area contributed by atoms with E-state index >= 15 is 0 Å². The molecule has 0 radical (unpaired) electrons. The summed E-state index contributed by atoms with van der Waals surface area (Å²) >= 11 is 6.40. The number of morpholine rings is 1. The average Bonchev–Trinajstić information content (AvgIpc) is 2.69. The molecule has 150 valence electrons. The lowest BCUT2D eigenvalue weighted by molar-refractivity contribution is 0.0162. The van der Waals surface area contributed by atoms with Gasteiger partial charge in [0, 0.05) is 36.5 Å². The zero-order valence-electron chi connectivity index (χ0n) is 15.6. The molecule has 3 rings (SSSR count). The summed E-state index contributed by atoms with van der Waals surface area (Å²) in [6.45, 7) is 3.10. The summed E-state index contributed by atoms with van der Waals surface area (Å²) in [4.78, 5) is 15.0. The van der Waals surface area contributed by atoms with Crippen LogP contribution < -0.4 is 5.32 Å². The van der Waals surface area contributed by atoms with Gasteiger partial charge in [-0.15, -0.1) is 0 Å². The van der Waals surface area contributed by atoms with Crippen LogP contribution in [0.4, 0.5) is 0 Å². The number of hydrogen-bond donors (Lipinski definition) is 1. The fourth-order valence-electron chi connectivity index (χ4n) is 3.23. The highest BCUT2D eigenvalue weighted by Crippen LogP contribution is 2.28. The molecule has 28 heavy (non-hydrogen) atoms. The Morgan fingerprint density at radius 3 is 2.57 bits per heavy atom. The number of sulfone groups is 1. The number of nitrogens with zero attached hydrogens (tertiary/aromatic N) is 1. The van der Waals surface area contributed by atoms with Gasteiger partial charge < -0.3 is 10.1 Å². The first-order chi connectivity index (χ1) is 13.4. The van der Waals surface area contributed by atoms with Crippen LogP contribution in [0.5, 0.6) is 0 Å². The first-order valence-electron chi connectivity index (χ1n) is 9.01. The summed E-state index contributed by atoms with van der Waals surface area (Å²) in [6.07, 6.45) is 1.12. The van der Waals surface area contributed by atoms with Gasteiger partial charge in [0.25, 0.3) is 5.91 Å². The molecule has 0 aliphatic carbocycles. The third-order valence-electron chi connectivity index (χ3n) is 4.73. The molecule has 1 atom stereocenters. The number of benzene rings is 2. The summed E-state index contributed by atoms with van der Waals surface area (Å²) in [6, 6.07) is 13.5. The highest BCUT2D eigenvalue weighted by atomic mass is 35.5. The van der Waals surface area contributed by atoms with Gasteiger partial charge in [-0.3, -0.25) is 9.69 Å². The van der Waals surface area contributed by atoms with E-state index in [0.29, 0.717) is 30.3 Å². The Hall–Kier alpha value is -1.93. The second-order valence-corrected chi connectivity index (χ2v) is 9.12. The largest absolute Gasteiger partial charge is 0.379 e. The van der Waals surface area contributed by atoms with E-state index in [4.69, 9.17) is 16.3 Å². The number of ether oxygens (including phenoxy) is 1. The summed E-state index contributed by atoms with van der Waals surface area (Å²) in [5.41, 5.74) is 1.25.